The van der Waals surface area contributed by atoms with Crippen molar-refractivity contribution in [1.82, 2.24) is 5.32 Å². The van der Waals surface area contributed by atoms with Gasteiger partial charge < -0.3 is 5.32 Å². The summed E-state index contributed by atoms with van der Waals surface area (Å²) in [6, 6.07) is 8.01. The van der Waals surface area contributed by atoms with Gasteiger partial charge in [0.25, 0.3) is 0 Å². The van der Waals surface area contributed by atoms with Crippen molar-refractivity contribution < 1.29 is 0 Å². The first-order valence-electron chi connectivity index (χ1n) is 7.92. The molecule has 0 aliphatic heterocycles. The van der Waals surface area contributed by atoms with Crippen LogP contribution >= 0.6 is 0 Å². The molecule has 1 spiro atoms. The third-order valence-electron chi connectivity index (χ3n) is 5.81. The largest absolute Gasteiger partial charge is 0.313 e. The Kier molecular flexibility index (Phi) is 2.42. The van der Waals surface area contributed by atoms with Gasteiger partial charge in [0.1, 0.15) is 0 Å². The monoisotopic (exact) mass is 255 g/mol. The molecule has 3 saturated carbocycles. The Morgan fingerprint density at radius 3 is 2.42 bits per heavy atom. The van der Waals surface area contributed by atoms with Crippen LogP contribution in [0.25, 0.3) is 0 Å². The second-order valence-electron chi connectivity index (χ2n) is 7.59. The second-order valence-corrected chi connectivity index (χ2v) is 7.59. The number of hydrogen-bond donors (Lipinski definition) is 1. The van der Waals surface area contributed by atoms with Gasteiger partial charge in [-0.15, -0.1) is 0 Å². The van der Waals surface area contributed by atoms with Gasteiger partial charge in [-0.25, -0.2) is 0 Å². The summed E-state index contributed by atoms with van der Waals surface area (Å²) in [4.78, 5) is 0. The van der Waals surface area contributed by atoms with Crippen LogP contribution in [0, 0.1) is 19.3 Å². The van der Waals surface area contributed by atoms with Crippen LogP contribution in [0.15, 0.2) is 18.2 Å². The SMILES string of the molecule is Cc1ccc(C2(CNC3CC3)CC3(CC3)C2)cc1C. The fraction of sp³-hybridized carbons (Fsp3) is 0.667. The van der Waals surface area contributed by atoms with E-state index >= 15 is 0 Å². The lowest BCUT2D eigenvalue weighted by molar-refractivity contribution is 0.115. The van der Waals surface area contributed by atoms with Crippen molar-refractivity contribution in [2.45, 2.75) is 63.8 Å². The topological polar surface area (TPSA) is 12.0 Å². The fourth-order valence-electron chi connectivity index (χ4n) is 4.04. The molecule has 0 atom stereocenters. The minimum Gasteiger partial charge on any atom is -0.313 e. The normalized spacial score (nSPS) is 26.2. The molecule has 1 heteroatoms. The third-order valence-corrected chi connectivity index (χ3v) is 5.81. The first-order chi connectivity index (χ1) is 9.11. The van der Waals surface area contributed by atoms with Gasteiger partial charge in [0.2, 0.25) is 0 Å². The molecule has 1 aromatic carbocycles. The van der Waals surface area contributed by atoms with Crippen LogP contribution in [-0.4, -0.2) is 12.6 Å². The summed E-state index contributed by atoms with van der Waals surface area (Å²) >= 11 is 0. The zero-order chi connectivity index (χ0) is 13.1. The van der Waals surface area contributed by atoms with Crippen molar-refractivity contribution in [3.8, 4) is 0 Å². The van der Waals surface area contributed by atoms with E-state index in [1.54, 1.807) is 5.56 Å². The first kappa shape index (κ1) is 12.0. The smallest absolute Gasteiger partial charge is 0.00885 e. The highest BCUT2D eigenvalue weighted by atomic mass is 15.0. The Labute approximate surface area is 116 Å². The van der Waals surface area contributed by atoms with E-state index in [1.165, 1.54) is 56.2 Å². The molecule has 3 fully saturated rings. The molecule has 1 aromatic rings. The van der Waals surface area contributed by atoms with E-state index in [0.29, 0.717) is 5.41 Å². The molecule has 1 nitrogen and oxygen atoms in total. The quantitative estimate of drug-likeness (QED) is 0.861. The first-order valence-corrected chi connectivity index (χ1v) is 7.92. The van der Waals surface area contributed by atoms with Crippen LogP contribution in [-0.2, 0) is 5.41 Å². The number of hydrogen-bond acceptors (Lipinski definition) is 1. The Balaban J connectivity index is 1.59. The van der Waals surface area contributed by atoms with E-state index < -0.39 is 0 Å². The predicted molar refractivity (Wildman–Crippen MR) is 79.5 cm³/mol. The summed E-state index contributed by atoms with van der Waals surface area (Å²) in [6.45, 7) is 5.69. The number of benzene rings is 1. The highest BCUT2D eigenvalue weighted by Crippen LogP contribution is 2.68. The molecular weight excluding hydrogens is 230 g/mol. The van der Waals surface area contributed by atoms with Crippen LogP contribution in [0.3, 0.4) is 0 Å². The van der Waals surface area contributed by atoms with Crippen LogP contribution in [0.2, 0.25) is 0 Å². The molecule has 4 rings (SSSR count). The Bertz CT molecular complexity index is 500. The van der Waals surface area contributed by atoms with Crippen LogP contribution in [0.5, 0.6) is 0 Å². The van der Waals surface area contributed by atoms with Crippen molar-refractivity contribution >= 4 is 0 Å². The lowest BCUT2D eigenvalue weighted by atomic mass is 9.56. The molecule has 102 valence electrons. The van der Waals surface area contributed by atoms with Gasteiger partial charge in [0.15, 0.2) is 0 Å². The molecule has 0 heterocycles. The number of nitrogens with one attached hydrogen (secondary N) is 1. The summed E-state index contributed by atoms with van der Waals surface area (Å²) in [5.74, 6) is 0. The molecule has 0 bridgehead atoms. The van der Waals surface area contributed by atoms with Gasteiger partial charge in [-0.3, -0.25) is 0 Å². The number of rotatable bonds is 4. The van der Waals surface area contributed by atoms with E-state index in [-0.39, 0.29) is 0 Å². The van der Waals surface area contributed by atoms with Gasteiger partial charge in [0.05, 0.1) is 0 Å². The Hall–Kier alpha value is -0.820. The zero-order valence-electron chi connectivity index (χ0n) is 12.3. The van der Waals surface area contributed by atoms with Gasteiger partial charge in [-0.2, -0.15) is 0 Å². The Morgan fingerprint density at radius 1 is 1.11 bits per heavy atom. The van der Waals surface area contributed by atoms with Crippen molar-refractivity contribution in [2.24, 2.45) is 5.41 Å². The highest BCUT2D eigenvalue weighted by molar-refractivity contribution is 5.39. The summed E-state index contributed by atoms with van der Waals surface area (Å²) in [7, 11) is 0. The van der Waals surface area contributed by atoms with Gasteiger partial charge in [0, 0.05) is 18.0 Å². The lowest BCUT2D eigenvalue weighted by Crippen LogP contribution is -2.50. The van der Waals surface area contributed by atoms with Crippen LogP contribution in [0.1, 0.15) is 55.2 Å². The van der Waals surface area contributed by atoms with E-state index in [2.05, 4.69) is 37.4 Å². The minimum absolute atomic E-state index is 0.456. The molecule has 19 heavy (non-hydrogen) atoms. The Morgan fingerprint density at radius 2 is 1.84 bits per heavy atom. The van der Waals surface area contributed by atoms with Crippen molar-refractivity contribution in [1.29, 1.82) is 0 Å². The van der Waals surface area contributed by atoms with E-state index in [4.69, 9.17) is 0 Å². The molecule has 0 unspecified atom stereocenters. The van der Waals surface area contributed by atoms with Crippen molar-refractivity contribution in [2.75, 3.05) is 6.54 Å². The summed E-state index contributed by atoms with van der Waals surface area (Å²) in [6.07, 6.45) is 8.64. The standard InChI is InChI=1S/C18H25N/c1-13-3-4-15(9-14(13)2)18(12-19-16-5-6-16)10-17(11-18)7-8-17/h3-4,9,16,19H,5-8,10-12H2,1-2H3. The van der Waals surface area contributed by atoms with E-state index in [1.807, 2.05) is 0 Å². The third kappa shape index (κ3) is 2.03. The maximum absolute atomic E-state index is 3.80. The molecule has 0 saturated heterocycles. The van der Waals surface area contributed by atoms with E-state index in [0.717, 1.165) is 11.5 Å². The minimum atomic E-state index is 0.456. The van der Waals surface area contributed by atoms with Crippen molar-refractivity contribution in [3.05, 3.63) is 34.9 Å². The van der Waals surface area contributed by atoms with Gasteiger partial charge in [-0.1, -0.05) is 18.2 Å². The lowest BCUT2D eigenvalue weighted by Gasteiger charge is -2.50. The van der Waals surface area contributed by atoms with Crippen LogP contribution in [0.4, 0.5) is 0 Å². The molecule has 3 aliphatic rings. The summed E-state index contributed by atoms with van der Waals surface area (Å²) < 4.78 is 0. The fourth-order valence-corrected chi connectivity index (χ4v) is 4.04. The molecule has 0 aromatic heterocycles. The van der Waals surface area contributed by atoms with Crippen molar-refractivity contribution in [3.63, 3.8) is 0 Å². The zero-order valence-corrected chi connectivity index (χ0v) is 12.3. The van der Waals surface area contributed by atoms with Gasteiger partial charge >= 0.3 is 0 Å². The predicted octanol–water partition coefficient (Wildman–Crippen LogP) is 3.87. The highest BCUT2D eigenvalue weighted by Gasteiger charge is 2.61. The van der Waals surface area contributed by atoms with Gasteiger partial charge in [-0.05, 0) is 74.5 Å². The molecule has 3 aliphatic carbocycles. The second kappa shape index (κ2) is 3.85. The molecular formula is C18H25N. The molecule has 0 radical (unpaired) electrons. The van der Waals surface area contributed by atoms with Crippen LogP contribution < -0.4 is 5.32 Å². The average Bonchev–Trinajstić information content (AvgIpc) is 3.23. The molecule has 0 amide bonds. The summed E-state index contributed by atoms with van der Waals surface area (Å²) in [5.41, 5.74) is 5.71. The summed E-state index contributed by atoms with van der Waals surface area (Å²) in [5, 5.41) is 3.80. The number of aryl methyl sites for hydroxylation is 2. The molecule has 1 N–H and O–H groups in total. The van der Waals surface area contributed by atoms with E-state index in [9.17, 15) is 0 Å². The average molecular weight is 255 g/mol. The maximum Gasteiger partial charge on any atom is 0.00885 e. The maximum atomic E-state index is 3.80.